The molecule has 0 amide bonds. The first-order valence-electron chi connectivity index (χ1n) is 5.41. The Hall–Kier alpha value is -0.210. The fourth-order valence-electron chi connectivity index (χ4n) is 2.06. The monoisotopic (exact) mass is 368 g/mol. The fourth-order valence-corrected chi connectivity index (χ4v) is 3.26. The molecule has 0 heterocycles. The normalized spacial score (nSPS) is 18.5. The molecule has 1 nitrogen and oxygen atoms in total. The maximum absolute atomic E-state index is 5.78. The van der Waals surface area contributed by atoms with E-state index in [1.165, 1.54) is 11.1 Å². The summed E-state index contributed by atoms with van der Waals surface area (Å²) in [6, 6.07) is 0. The van der Waals surface area contributed by atoms with E-state index < -0.39 is 23.3 Å². The first-order valence-corrected chi connectivity index (χ1v) is 10.5. The van der Waals surface area contributed by atoms with Crippen LogP contribution in [0.5, 0.6) is 0 Å². The second kappa shape index (κ2) is 5.76. The first kappa shape index (κ1) is 11.3. The van der Waals surface area contributed by atoms with Gasteiger partial charge in [0, 0.05) is 0 Å². The van der Waals surface area contributed by atoms with Crippen LogP contribution in [0.2, 0.25) is 4.68 Å². The van der Waals surface area contributed by atoms with Crippen LogP contribution in [0.15, 0.2) is 47.6 Å². The van der Waals surface area contributed by atoms with Crippen molar-refractivity contribution in [2.45, 2.75) is 17.5 Å². The van der Waals surface area contributed by atoms with E-state index >= 15 is 0 Å². The van der Waals surface area contributed by atoms with Gasteiger partial charge in [-0.2, -0.15) is 0 Å². The van der Waals surface area contributed by atoms with Gasteiger partial charge in [-0.15, -0.1) is 0 Å². The Morgan fingerprint density at radius 1 is 1.20 bits per heavy atom. The molecule has 0 bridgehead atoms. The minimum absolute atomic E-state index is 0.544. The topological polar surface area (TPSA) is 9.23 Å². The molecule has 0 aromatic heterocycles. The predicted molar refractivity (Wildman–Crippen MR) is 59.0 cm³/mol. The van der Waals surface area contributed by atoms with E-state index in [1.807, 2.05) is 0 Å². The second-order valence-corrected chi connectivity index (χ2v) is 6.32. The van der Waals surface area contributed by atoms with Gasteiger partial charge >= 0.3 is 104 Å². The van der Waals surface area contributed by atoms with Crippen molar-refractivity contribution in [3.63, 3.8) is 0 Å². The Kier molecular flexibility index (Phi) is 4.33. The van der Waals surface area contributed by atoms with Gasteiger partial charge in [0.2, 0.25) is 0 Å². The molecule has 0 unspecified atom stereocenters. The van der Waals surface area contributed by atoms with E-state index in [9.17, 15) is 0 Å². The average Bonchev–Trinajstić information content (AvgIpc) is 2.90. The summed E-state index contributed by atoms with van der Waals surface area (Å²) in [5.41, 5.74) is 3.06. The van der Waals surface area contributed by atoms with E-state index in [-0.39, 0.29) is 0 Å². The van der Waals surface area contributed by atoms with Gasteiger partial charge < -0.3 is 0 Å². The molecule has 0 saturated heterocycles. The Morgan fingerprint density at radius 3 is 2.20 bits per heavy atom. The number of rotatable bonds is 5. The minimum atomic E-state index is -0.710. The van der Waals surface area contributed by atoms with Gasteiger partial charge in [0.1, 0.15) is 0 Å². The van der Waals surface area contributed by atoms with Crippen LogP contribution in [0.3, 0.4) is 0 Å². The summed E-state index contributed by atoms with van der Waals surface area (Å²) >= 11 is -0.710. The molecule has 0 spiro atoms. The molecule has 78 valence electrons. The zero-order valence-electron chi connectivity index (χ0n) is 9.07. The van der Waals surface area contributed by atoms with E-state index in [0.29, 0.717) is 5.92 Å². The summed E-state index contributed by atoms with van der Waals surface area (Å²) in [7, 11) is 0. The summed E-state index contributed by atoms with van der Waals surface area (Å²) in [6.07, 6.45) is 15.6. The van der Waals surface area contributed by atoms with Gasteiger partial charge in [0.05, 0.1) is 0 Å². The Balaban J connectivity index is 2.02. The van der Waals surface area contributed by atoms with E-state index in [1.54, 1.807) is 0 Å². The molecule has 2 rings (SSSR count). The van der Waals surface area contributed by atoms with Crippen molar-refractivity contribution in [3.8, 4) is 0 Å². The van der Waals surface area contributed by atoms with Gasteiger partial charge in [-0.1, -0.05) is 0 Å². The molecule has 15 heavy (non-hydrogen) atoms. The van der Waals surface area contributed by atoms with Crippen LogP contribution in [-0.2, 0) is 26.2 Å². The third kappa shape index (κ3) is 2.88. The van der Waals surface area contributed by atoms with Gasteiger partial charge in [-0.3, -0.25) is 0 Å². The molecule has 2 heteroatoms. The third-order valence-corrected chi connectivity index (χ3v) is 4.53. The third-order valence-electron chi connectivity index (χ3n) is 2.89. The summed E-state index contributed by atoms with van der Waals surface area (Å²) in [4.78, 5) is 0. The van der Waals surface area contributed by atoms with Crippen molar-refractivity contribution in [3.05, 3.63) is 47.6 Å². The van der Waals surface area contributed by atoms with Crippen LogP contribution >= 0.6 is 0 Å². The van der Waals surface area contributed by atoms with Crippen molar-refractivity contribution in [2.24, 2.45) is 5.92 Å². The average molecular weight is 367 g/mol. The van der Waals surface area contributed by atoms with Gasteiger partial charge in [-0.05, 0) is 0 Å². The SMILES string of the molecule is [CH3][Hf][O]CC(C1=CC=CC1)C1=CC=CC1. The molecule has 0 atom stereocenters. The van der Waals surface area contributed by atoms with Crippen molar-refractivity contribution in [1.29, 1.82) is 0 Å². The molecule has 2 aliphatic carbocycles. The molecule has 0 aliphatic heterocycles. The number of hydrogen-bond acceptors (Lipinski definition) is 1. The van der Waals surface area contributed by atoms with Crippen LogP contribution in [0.25, 0.3) is 0 Å². The quantitative estimate of drug-likeness (QED) is 0.677. The predicted octanol–water partition coefficient (Wildman–Crippen LogP) is 3.44. The van der Waals surface area contributed by atoms with Crippen molar-refractivity contribution < 1.29 is 26.2 Å². The molecular weight excluding hydrogens is 351 g/mol. The van der Waals surface area contributed by atoms with Crippen LogP contribution in [-0.4, -0.2) is 6.61 Å². The number of allylic oxidation sites excluding steroid dienone is 6. The zero-order chi connectivity index (χ0) is 10.5. The summed E-state index contributed by atoms with van der Waals surface area (Å²) < 4.78 is 8.03. The van der Waals surface area contributed by atoms with Gasteiger partial charge in [0.25, 0.3) is 0 Å². The van der Waals surface area contributed by atoms with E-state index in [2.05, 4.69) is 41.1 Å². The van der Waals surface area contributed by atoms with Crippen molar-refractivity contribution in [2.75, 3.05) is 6.61 Å². The van der Waals surface area contributed by atoms with Crippen LogP contribution < -0.4 is 0 Å². The van der Waals surface area contributed by atoms with E-state index in [0.717, 1.165) is 19.4 Å². The fraction of sp³-hybridized carbons (Fsp3) is 0.385. The van der Waals surface area contributed by atoms with Crippen molar-refractivity contribution in [1.82, 2.24) is 0 Å². The molecule has 0 aromatic carbocycles. The zero-order valence-corrected chi connectivity index (χ0v) is 12.7. The summed E-state index contributed by atoms with van der Waals surface area (Å²) in [5, 5.41) is 0. The molecule has 0 saturated carbocycles. The number of hydrogen-bond donors (Lipinski definition) is 0. The summed E-state index contributed by atoms with van der Waals surface area (Å²) in [5.74, 6) is 0.544. The first-order chi connectivity index (χ1) is 7.42. The molecule has 2 aliphatic rings. The van der Waals surface area contributed by atoms with Crippen LogP contribution in [0, 0.1) is 5.92 Å². The van der Waals surface area contributed by atoms with E-state index in [4.69, 9.17) is 2.85 Å². The molecule has 0 N–H and O–H groups in total. The van der Waals surface area contributed by atoms with Crippen molar-refractivity contribution >= 4 is 0 Å². The Morgan fingerprint density at radius 2 is 1.80 bits per heavy atom. The Bertz CT molecular complexity index is 306. The molecular formula is C13H16HfO. The molecule has 0 aromatic rings. The molecule has 0 radical (unpaired) electrons. The molecule has 0 fully saturated rings. The maximum atomic E-state index is 5.78. The van der Waals surface area contributed by atoms with Crippen LogP contribution in [0.1, 0.15) is 12.8 Å². The van der Waals surface area contributed by atoms with Gasteiger partial charge in [-0.25, -0.2) is 0 Å². The second-order valence-electron chi connectivity index (χ2n) is 3.82. The standard InChI is InChI=1S/C12H13O.CH3.Hf/c13-9-12(10-5-1-2-6-10)11-7-3-4-8-11;;/h1-5,7,12H,6,8-9H2;1H3;/q-1;;+1. The van der Waals surface area contributed by atoms with Gasteiger partial charge in [0.15, 0.2) is 0 Å². The van der Waals surface area contributed by atoms with Crippen LogP contribution in [0.4, 0.5) is 0 Å². The summed E-state index contributed by atoms with van der Waals surface area (Å²) in [6.45, 7) is 0.917. The Labute approximate surface area is 104 Å².